The number of sulfone groups is 1. The minimum atomic E-state index is -3.95. The van der Waals surface area contributed by atoms with Gasteiger partial charge in [0.05, 0.1) is 31.0 Å². The molecule has 1 saturated heterocycles. The van der Waals surface area contributed by atoms with Crippen LogP contribution in [0.5, 0.6) is 11.5 Å². The van der Waals surface area contributed by atoms with E-state index in [0.717, 1.165) is 25.4 Å². The van der Waals surface area contributed by atoms with Gasteiger partial charge in [-0.1, -0.05) is 23.7 Å². The molecule has 1 unspecified atom stereocenters. The molecule has 0 aliphatic carbocycles. The maximum atomic E-state index is 13.6. The summed E-state index contributed by atoms with van der Waals surface area (Å²) in [6.07, 6.45) is 2.72. The quantitative estimate of drug-likeness (QED) is 0.0859. The second kappa shape index (κ2) is 17.0. The summed E-state index contributed by atoms with van der Waals surface area (Å²) in [5.41, 5.74) is 3.07. The first kappa shape index (κ1) is 36.9. The third kappa shape index (κ3) is 10.1. The van der Waals surface area contributed by atoms with E-state index in [9.17, 15) is 22.8 Å². The number of fused-ring (bicyclic) bond motifs is 1. The molecular weight excluding hydrogens is 682 g/mol. The average Bonchev–Trinajstić information content (AvgIpc) is 3.71. The second-order valence-electron chi connectivity index (χ2n) is 12.4. The standard InChI is InChI=1S/C37H42ClN3O8S/c1-25-35(32-22-29(47-2)13-14-33(32)40-25)31(37(44)49-36(43)27-9-11-28(38)12-10-27)15-20-50(45,46)24-34(42)39-16-6-19-48-30-8-5-7-26(21-30)23-41-17-3-4-18-41/h5,7-14,21-22,31,40H,3-4,6,15-20,23-24H2,1-2H3,(H,39,42). The first-order chi connectivity index (χ1) is 24.0. The van der Waals surface area contributed by atoms with Crippen molar-refractivity contribution in [1.82, 2.24) is 15.2 Å². The lowest BCUT2D eigenvalue weighted by Crippen LogP contribution is -2.33. The maximum Gasteiger partial charge on any atom is 0.345 e. The minimum Gasteiger partial charge on any atom is -0.497 e. The van der Waals surface area contributed by atoms with Gasteiger partial charge in [0, 0.05) is 34.7 Å². The molecule has 2 heterocycles. The van der Waals surface area contributed by atoms with Crippen molar-refractivity contribution in [3.8, 4) is 11.5 Å². The number of aromatic nitrogens is 1. The highest BCUT2D eigenvalue weighted by molar-refractivity contribution is 7.92. The third-order valence-electron chi connectivity index (χ3n) is 8.63. The van der Waals surface area contributed by atoms with Crippen molar-refractivity contribution in [1.29, 1.82) is 0 Å². The van der Waals surface area contributed by atoms with Crippen molar-refractivity contribution in [2.45, 2.75) is 45.1 Å². The van der Waals surface area contributed by atoms with E-state index in [0.29, 0.717) is 46.0 Å². The molecule has 1 atom stereocenters. The highest BCUT2D eigenvalue weighted by Gasteiger charge is 2.31. The Morgan fingerprint density at radius 3 is 2.50 bits per heavy atom. The minimum absolute atomic E-state index is 0.111. The largest absolute Gasteiger partial charge is 0.497 e. The topological polar surface area (TPSA) is 144 Å². The fourth-order valence-corrected chi connectivity index (χ4v) is 7.50. The molecule has 0 spiro atoms. The smallest absolute Gasteiger partial charge is 0.345 e. The molecule has 1 aromatic heterocycles. The zero-order valence-electron chi connectivity index (χ0n) is 28.2. The van der Waals surface area contributed by atoms with Gasteiger partial charge < -0.3 is 24.5 Å². The SMILES string of the molecule is COc1ccc2[nH]c(C)c(C(CCS(=O)(=O)CC(=O)NCCCOc3cccc(CN4CCCC4)c3)C(=O)OC(=O)c3ccc(Cl)cc3)c2c1. The Hall–Kier alpha value is -4.39. The van der Waals surface area contributed by atoms with E-state index < -0.39 is 45.1 Å². The highest BCUT2D eigenvalue weighted by Crippen LogP contribution is 2.35. The molecule has 3 aromatic carbocycles. The molecule has 0 radical (unpaired) electrons. The number of methoxy groups -OCH3 is 1. The molecule has 11 nitrogen and oxygen atoms in total. The molecule has 1 amide bonds. The molecule has 13 heteroatoms. The van der Waals surface area contributed by atoms with E-state index in [2.05, 4.69) is 21.3 Å². The first-order valence-corrected chi connectivity index (χ1v) is 18.8. The first-order valence-electron chi connectivity index (χ1n) is 16.6. The summed E-state index contributed by atoms with van der Waals surface area (Å²) in [4.78, 5) is 44.7. The zero-order chi connectivity index (χ0) is 35.7. The summed E-state index contributed by atoms with van der Waals surface area (Å²) in [7, 11) is -2.44. The van der Waals surface area contributed by atoms with Crippen molar-refractivity contribution in [2.75, 3.05) is 44.9 Å². The van der Waals surface area contributed by atoms with Gasteiger partial charge in [-0.15, -0.1) is 0 Å². The Morgan fingerprint density at radius 2 is 1.76 bits per heavy atom. The van der Waals surface area contributed by atoms with Crippen LogP contribution in [0.1, 0.15) is 58.8 Å². The van der Waals surface area contributed by atoms with E-state index in [1.54, 1.807) is 25.1 Å². The van der Waals surface area contributed by atoms with Crippen LogP contribution in [0.15, 0.2) is 66.7 Å². The molecule has 266 valence electrons. The predicted octanol–water partition coefficient (Wildman–Crippen LogP) is 5.59. The molecule has 1 fully saturated rings. The van der Waals surface area contributed by atoms with Crippen LogP contribution in [0, 0.1) is 6.92 Å². The van der Waals surface area contributed by atoms with Gasteiger partial charge in [-0.3, -0.25) is 14.5 Å². The summed E-state index contributed by atoms with van der Waals surface area (Å²) < 4.78 is 42.8. The van der Waals surface area contributed by atoms with Crippen LogP contribution in [0.4, 0.5) is 0 Å². The number of hydrogen-bond acceptors (Lipinski definition) is 9. The molecule has 50 heavy (non-hydrogen) atoms. The number of H-pyrrole nitrogens is 1. The summed E-state index contributed by atoms with van der Waals surface area (Å²) in [5, 5.41) is 3.68. The third-order valence-corrected chi connectivity index (χ3v) is 10.4. The Balaban J connectivity index is 1.17. The number of benzene rings is 3. The fourth-order valence-electron chi connectivity index (χ4n) is 6.13. The maximum absolute atomic E-state index is 13.6. The van der Waals surface area contributed by atoms with Gasteiger partial charge in [-0.25, -0.2) is 13.2 Å². The number of amides is 1. The van der Waals surface area contributed by atoms with Gasteiger partial charge in [-0.2, -0.15) is 0 Å². The highest BCUT2D eigenvalue weighted by atomic mass is 35.5. The van der Waals surface area contributed by atoms with Crippen LogP contribution in [0.25, 0.3) is 10.9 Å². The Morgan fingerprint density at radius 1 is 1.00 bits per heavy atom. The van der Waals surface area contributed by atoms with E-state index in [1.165, 1.54) is 49.8 Å². The number of carbonyl (C=O) groups is 3. The number of carbonyl (C=O) groups excluding carboxylic acids is 3. The molecule has 0 saturated carbocycles. The molecule has 1 aliphatic rings. The van der Waals surface area contributed by atoms with Crippen molar-refractivity contribution in [2.24, 2.45) is 0 Å². The predicted molar refractivity (Wildman–Crippen MR) is 192 cm³/mol. The molecule has 2 N–H and O–H groups in total. The van der Waals surface area contributed by atoms with Gasteiger partial charge in [0.15, 0.2) is 9.84 Å². The van der Waals surface area contributed by atoms with E-state index in [1.807, 2.05) is 18.2 Å². The number of ether oxygens (including phenoxy) is 3. The van der Waals surface area contributed by atoms with Gasteiger partial charge in [-0.05, 0) is 111 Å². The number of nitrogens with one attached hydrogen (secondary N) is 2. The molecular formula is C37H42ClN3O8S. The van der Waals surface area contributed by atoms with E-state index in [-0.39, 0.29) is 18.5 Å². The number of nitrogens with zero attached hydrogens (tertiary/aromatic N) is 1. The van der Waals surface area contributed by atoms with E-state index in [4.69, 9.17) is 25.8 Å². The van der Waals surface area contributed by atoms with Gasteiger partial charge >= 0.3 is 11.9 Å². The van der Waals surface area contributed by atoms with Crippen molar-refractivity contribution < 1.29 is 37.0 Å². The van der Waals surface area contributed by atoms with Crippen molar-refractivity contribution >= 4 is 50.2 Å². The lowest BCUT2D eigenvalue weighted by Gasteiger charge is -2.17. The van der Waals surface area contributed by atoms with Crippen LogP contribution in [-0.2, 0) is 30.7 Å². The summed E-state index contributed by atoms with van der Waals surface area (Å²) in [6.45, 7) is 5.45. The van der Waals surface area contributed by atoms with Crippen LogP contribution >= 0.6 is 11.6 Å². The number of rotatable bonds is 16. The number of aryl methyl sites for hydroxylation is 1. The lowest BCUT2D eigenvalue weighted by atomic mass is 9.93. The monoisotopic (exact) mass is 723 g/mol. The lowest BCUT2D eigenvalue weighted by molar-refractivity contribution is -0.139. The number of hydrogen-bond donors (Lipinski definition) is 2. The molecule has 1 aliphatic heterocycles. The number of aromatic amines is 1. The number of likely N-dealkylation sites (tertiary alicyclic amines) is 1. The Labute approximate surface area is 297 Å². The van der Waals surface area contributed by atoms with Crippen LogP contribution in [0.3, 0.4) is 0 Å². The molecule has 5 rings (SSSR count). The van der Waals surface area contributed by atoms with Crippen LogP contribution in [-0.4, -0.2) is 81.0 Å². The van der Waals surface area contributed by atoms with E-state index >= 15 is 0 Å². The van der Waals surface area contributed by atoms with Gasteiger partial charge in [0.25, 0.3) is 0 Å². The number of esters is 2. The summed E-state index contributed by atoms with van der Waals surface area (Å²) >= 11 is 5.92. The number of halogens is 1. The molecule has 0 bridgehead atoms. The van der Waals surface area contributed by atoms with Gasteiger partial charge in [0.2, 0.25) is 5.91 Å². The van der Waals surface area contributed by atoms with Crippen molar-refractivity contribution in [3.05, 3.63) is 94.1 Å². The van der Waals surface area contributed by atoms with Gasteiger partial charge in [0.1, 0.15) is 17.3 Å². The average molecular weight is 724 g/mol. The Bertz CT molecular complexity index is 1920. The van der Waals surface area contributed by atoms with Crippen LogP contribution < -0.4 is 14.8 Å². The summed E-state index contributed by atoms with van der Waals surface area (Å²) in [5.74, 6) is -3.57. The fraction of sp³-hybridized carbons (Fsp3) is 0.378. The van der Waals surface area contributed by atoms with Crippen LogP contribution in [0.2, 0.25) is 5.02 Å². The summed E-state index contributed by atoms with van der Waals surface area (Å²) in [6, 6.07) is 19.1. The second-order valence-corrected chi connectivity index (χ2v) is 15.0. The Kier molecular flexibility index (Phi) is 12.6. The zero-order valence-corrected chi connectivity index (χ0v) is 29.8. The molecule has 4 aromatic rings. The normalized spacial score (nSPS) is 14.0. The van der Waals surface area contributed by atoms with Crippen molar-refractivity contribution in [3.63, 3.8) is 0 Å².